The Balaban J connectivity index is 1.44. The third kappa shape index (κ3) is 2.53. The Morgan fingerprint density at radius 1 is 1.18 bits per heavy atom. The van der Waals surface area contributed by atoms with Crippen LogP contribution in [0.25, 0.3) is 0 Å². The lowest BCUT2D eigenvalue weighted by atomic mass is 9.82. The van der Waals surface area contributed by atoms with Gasteiger partial charge in [0.25, 0.3) is 0 Å². The van der Waals surface area contributed by atoms with Crippen LogP contribution in [0.1, 0.15) is 52.4 Å². The lowest BCUT2D eigenvalue weighted by Crippen LogP contribution is -2.42. The monoisotopic (exact) mass is 305 g/mol. The van der Waals surface area contributed by atoms with Crippen molar-refractivity contribution < 1.29 is 4.74 Å². The molecule has 4 rings (SSSR count). The molecule has 4 heteroatoms. The molecule has 4 fully saturated rings. The van der Waals surface area contributed by atoms with E-state index in [1.54, 1.807) is 0 Å². The van der Waals surface area contributed by atoms with Crippen molar-refractivity contribution in [1.29, 1.82) is 0 Å². The molecule has 0 radical (unpaired) electrons. The lowest BCUT2D eigenvalue weighted by molar-refractivity contribution is 0.0767. The summed E-state index contributed by atoms with van der Waals surface area (Å²) in [5.41, 5.74) is 0.443. The van der Waals surface area contributed by atoms with Crippen molar-refractivity contribution in [3.05, 3.63) is 0 Å². The molecule has 1 aliphatic carbocycles. The number of hydrogen-bond donors (Lipinski definition) is 1. The molecule has 22 heavy (non-hydrogen) atoms. The van der Waals surface area contributed by atoms with Crippen LogP contribution in [-0.2, 0) is 4.74 Å². The molecule has 3 heterocycles. The number of likely N-dealkylation sites (tertiary alicyclic amines) is 1. The maximum absolute atomic E-state index is 6.10. The van der Waals surface area contributed by atoms with Gasteiger partial charge in [0.1, 0.15) is 0 Å². The molecule has 0 aromatic heterocycles. The number of nitrogens with zero attached hydrogens (tertiary/aromatic N) is 2. The molecule has 1 saturated carbocycles. The van der Waals surface area contributed by atoms with E-state index in [0.29, 0.717) is 17.6 Å². The van der Waals surface area contributed by atoms with Crippen molar-refractivity contribution in [2.24, 2.45) is 22.2 Å². The summed E-state index contributed by atoms with van der Waals surface area (Å²) >= 11 is 0. The van der Waals surface area contributed by atoms with E-state index in [0.717, 1.165) is 44.0 Å². The summed E-state index contributed by atoms with van der Waals surface area (Å²) in [4.78, 5) is 7.56. The van der Waals surface area contributed by atoms with Crippen molar-refractivity contribution in [1.82, 2.24) is 10.2 Å². The minimum atomic E-state index is 0.443. The highest BCUT2D eigenvalue weighted by Crippen LogP contribution is 2.47. The minimum Gasteiger partial charge on any atom is -0.374 e. The molecular formula is C18H31N3O. The second-order valence-electron chi connectivity index (χ2n) is 8.21. The Labute approximate surface area is 134 Å². The molecule has 4 unspecified atom stereocenters. The summed E-state index contributed by atoms with van der Waals surface area (Å²) in [7, 11) is 0. The molecule has 0 aromatic carbocycles. The Morgan fingerprint density at radius 3 is 2.41 bits per heavy atom. The standard InChI is InChI=1S/C18H31N3O/c1-3-19-17(20-12-18(2)8-4-5-9-18)21-10-13-14(11-21)16-7-6-15(13)22-16/h13-16H,3-12H2,1-2H3,(H,19,20). The van der Waals surface area contributed by atoms with E-state index >= 15 is 0 Å². The van der Waals surface area contributed by atoms with E-state index in [1.165, 1.54) is 38.5 Å². The van der Waals surface area contributed by atoms with Crippen LogP contribution in [-0.4, -0.2) is 49.2 Å². The Hall–Kier alpha value is -0.770. The van der Waals surface area contributed by atoms with Gasteiger partial charge < -0.3 is 15.0 Å². The third-order valence-corrected chi connectivity index (χ3v) is 6.51. The minimum absolute atomic E-state index is 0.443. The lowest BCUT2D eigenvalue weighted by Gasteiger charge is -2.26. The van der Waals surface area contributed by atoms with Gasteiger partial charge in [-0.05, 0) is 38.0 Å². The van der Waals surface area contributed by atoms with E-state index in [9.17, 15) is 0 Å². The first-order valence-electron chi connectivity index (χ1n) is 9.37. The summed E-state index contributed by atoms with van der Waals surface area (Å²) < 4.78 is 6.10. The molecule has 0 spiro atoms. The van der Waals surface area contributed by atoms with Crippen LogP contribution in [0, 0.1) is 17.3 Å². The number of hydrogen-bond acceptors (Lipinski definition) is 2. The van der Waals surface area contributed by atoms with Crippen molar-refractivity contribution in [2.75, 3.05) is 26.2 Å². The summed E-state index contributed by atoms with van der Waals surface area (Å²) in [5, 5.41) is 3.54. The predicted octanol–water partition coefficient (Wildman–Crippen LogP) is 2.64. The van der Waals surface area contributed by atoms with Crippen LogP contribution in [0.3, 0.4) is 0 Å². The van der Waals surface area contributed by atoms with Gasteiger partial charge in [-0.1, -0.05) is 19.8 Å². The number of guanidine groups is 1. The van der Waals surface area contributed by atoms with Gasteiger partial charge in [-0.25, -0.2) is 0 Å². The molecule has 0 aromatic rings. The maximum atomic E-state index is 6.10. The molecule has 124 valence electrons. The maximum Gasteiger partial charge on any atom is 0.193 e. The zero-order valence-corrected chi connectivity index (χ0v) is 14.2. The van der Waals surface area contributed by atoms with Crippen LogP contribution < -0.4 is 5.32 Å². The molecule has 0 amide bonds. The highest BCUT2D eigenvalue weighted by Gasteiger charge is 2.53. The number of fused-ring (bicyclic) bond motifs is 5. The molecule has 2 bridgehead atoms. The molecule has 4 nitrogen and oxygen atoms in total. The van der Waals surface area contributed by atoms with E-state index in [4.69, 9.17) is 9.73 Å². The molecule has 4 atom stereocenters. The fourth-order valence-electron chi connectivity index (χ4n) is 5.21. The molecular weight excluding hydrogens is 274 g/mol. The average molecular weight is 305 g/mol. The Kier molecular flexibility index (Phi) is 3.83. The van der Waals surface area contributed by atoms with Gasteiger partial charge in [-0.3, -0.25) is 4.99 Å². The molecule has 4 aliphatic rings. The van der Waals surface area contributed by atoms with E-state index in [1.807, 2.05) is 0 Å². The molecule has 3 aliphatic heterocycles. The first kappa shape index (κ1) is 14.8. The second-order valence-corrected chi connectivity index (χ2v) is 8.21. The van der Waals surface area contributed by atoms with Crippen molar-refractivity contribution in [3.63, 3.8) is 0 Å². The largest absolute Gasteiger partial charge is 0.374 e. The van der Waals surface area contributed by atoms with Gasteiger partial charge in [0.2, 0.25) is 0 Å². The highest BCUT2D eigenvalue weighted by atomic mass is 16.5. The van der Waals surface area contributed by atoms with Gasteiger partial charge in [-0.2, -0.15) is 0 Å². The number of rotatable bonds is 3. The Bertz CT molecular complexity index is 426. The highest BCUT2D eigenvalue weighted by molar-refractivity contribution is 5.80. The van der Waals surface area contributed by atoms with Crippen molar-refractivity contribution in [2.45, 2.75) is 64.6 Å². The summed E-state index contributed by atoms with van der Waals surface area (Å²) in [6.45, 7) is 8.84. The third-order valence-electron chi connectivity index (χ3n) is 6.51. The van der Waals surface area contributed by atoms with Crippen molar-refractivity contribution >= 4 is 5.96 Å². The van der Waals surface area contributed by atoms with E-state index < -0.39 is 0 Å². The van der Waals surface area contributed by atoms with Gasteiger partial charge in [0.15, 0.2) is 5.96 Å². The normalized spacial score (nSPS) is 39.5. The zero-order valence-electron chi connectivity index (χ0n) is 14.2. The number of aliphatic imine (C=N–C) groups is 1. The smallest absolute Gasteiger partial charge is 0.193 e. The first-order chi connectivity index (χ1) is 10.7. The SMILES string of the molecule is CCNC(=NCC1(C)CCCC1)N1CC2C3CCC(O3)C2C1. The average Bonchev–Trinajstić information content (AvgIpc) is 3.24. The number of nitrogens with one attached hydrogen (secondary N) is 1. The topological polar surface area (TPSA) is 36.9 Å². The van der Waals surface area contributed by atoms with Gasteiger partial charge >= 0.3 is 0 Å². The fourth-order valence-corrected chi connectivity index (χ4v) is 5.21. The molecule has 3 saturated heterocycles. The van der Waals surface area contributed by atoms with Crippen LogP contribution in [0.5, 0.6) is 0 Å². The Morgan fingerprint density at radius 2 is 1.82 bits per heavy atom. The quantitative estimate of drug-likeness (QED) is 0.643. The predicted molar refractivity (Wildman–Crippen MR) is 89.0 cm³/mol. The zero-order chi connectivity index (χ0) is 15.2. The van der Waals surface area contributed by atoms with Crippen LogP contribution in [0.15, 0.2) is 4.99 Å². The van der Waals surface area contributed by atoms with E-state index in [2.05, 4.69) is 24.1 Å². The van der Waals surface area contributed by atoms with Gasteiger partial charge in [-0.15, -0.1) is 0 Å². The number of ether oxygens (including phenoxy) is 1. The van der Waals surface area contributed by atoms with Crippen LogP contribution >= 0.6 is 0 Å². The molecule has 1 N–H and O–H groups in total. The van der Waals surface area contributed by atoms with Crippen LogP contribution in [0.2, 0.25) is 0 Å². The summed E-state index contributed by atoms with van der Waals surface area (Å²) in [6.07, 6.45) is 9.11. The van der Waals surface area contributed by atoms with Gasteiger partial charge in [0.05, 0.1) is 12.2 Å². The van der Waals surface area contributed by atoms with E-state index in [-0.39, 0.29) is 0 Å². The fraction of sp³-hybridized carbons (Fsp3) is 0.944. The van der Waals surface area contributed by atoms with Gasteiger partial charge in [0, 0.05) is 38.0 Å². The van der Waals surface area contributed by atoms with Crippen molar-refractivity contribution in [3.8, 4) is 0 Å². The summed E-state index contributed by atoms with van der Waals surface area (Å²) in [6, 6.07) is 0. The summed E-state index contributed by atoms with van der Waals surface area (Å²) in [5.74, 6) is 2.67. The van der Waals surface area contributed by atoms with Crippen LogP contribution in [0.4, 0.5) is 0 Å². The first-order valence-corrected chi connectivity index (χ1v) is 9.37. The second kappa shape index (κ2) is 5.70.